The van der Waals surface area contributed by atoms with E-state index in [2.05, 4.69) is 5.32 Å². The summed E-state index contributed by atoms with van der Waals surface area (Å²) in [6, 6.07) is 4.10. The van der Waals surface area contributed by atoms with E-state index in [1.807, 2.05) is 0 Å². The lowest BCUT2D eigenvalue weighted by atomic mass is 10.0. The molecule has 0 unspecified atom stereocenters. The van der Waals surface area contributed by atoms with Gasteiger partial charge in [0, 0.05) is 18.2 Å². The number of nitro benzene ring substituents is 1. The first kappa shape index (κ1) is 13.9. The van der Waals surface area contributed by atoms with Gasteiger partial charge < -0.3 is 16.8 Å². The van der Waals surface area contributed by atoms with E-state index in [-0.39, 0.29) is 23.5 Å². The Labute approximate surface area is 104 Å². The van der Waals surface area contributed by atoms with Crippen molar-refractivity contribution in [1.82, 2.24) is 5.32 Å². The summed E-state index contributed by atoms with van der Waals surface area (Å²) in [4.78, 5) is 22.0. The third-order valence-electron chi connectivity index (χ3n) is 2.49. The van der Waals surface area contributed by atoms with Gasteiger partial charge in [0.25, 0.3) is 11.6 Å². The number of hydrogen-bond acceptors (Lipinski definition) is 5. The standard InChI is InChI=1S/C11H16N4O3/c1-11(2,6-12)14-10(16)7-4-3-5-8(9(7)13)15(17)18/h3-5H,6,12-13H2,1-2H3,(H,14,16). The predicted octanol–water partition coefficient (Wildman–Crippen LogP) is 0.644. The number of nitrogens with zero attached hydrogens (tertiary/aromatic N) is 1. The summed E-state index contributed by atoms with van der Waals surface area (Å²) in [6.45, 7) is 3.74. The molecule has 0 aliphatic heterocycles. The first-order chi connectivity index (χ1) is 8.28. The molecule has 1 aromatic carbocycles. The minimum atomic E-state index is -0.625. The normalized spacial score (nSPS) is 11.1. The number of carbonyl (C=O) groups excluding carboxylic acids is 1. The Balaban J connectivity index is 3.08. The Morgan fingerprint density at radius 1 is 1.50 bits per heavy atom. The first-order valence-corrected chi connectivity index (χ1v) is 5.34. The molecule has 5 N–H and O–H groups in total. The number of nitrogens with two attached hydrogens (primary N) is 2. The first-order valence-electron chi connectivity index (χ1n) is 5.34. The summed E-state index contributed by atoms with van der Waals surface area (Å²) in [5.41, 5.74) is 10.1. The number of rotatable bonds is 4. The third kappa shape index (κ3) is 2.95. The van der Waals surface area contributed by atoms with Crippen molar-refractivity contribution in [2.45, 2.75) is 19.4 Å². The number of anilines is 1. The van der Waals surface area contributed by atoms with Crippen LogP contribution in [0.15, 0.2) is 18.2 Å². The molecule has 7 heteroatoms. The van der Waals surface area contributed by atoms with Crippen LogP contribution in [0.25, 0.3) is 0 Å². The molecule has 18 heavy (non-hydrogen) atoms. The van der Waals surface area contributed by atoms with E-state index in [4.69, 9.17) is 11.5 Å². The van der Waals surface area contributed by atoms with E-state index >= 15 is 0 Å². The van der Waals surface area contributed by atoms with Crippen molar-refractivity contribution in [1.29, 1.82) is 0 Å². The topological polar surface area (TPSA) is 124 Å². The number of nitrogens with one attached hydrogen (secondary N) is 1. The van der Waals surface area contributed by atoms with Crippen molar-refractivity contribution < 1.29 is 9.72 Å². The van der Waals surface area contributed by atoms with Gasteiger partial charge in [-0.15, -0.1) is 0 Å². The van der Waals surface area contributed by atoms with Gasteiger partial charge in [0.1, 0.15) is 5.69 Å². The molecule has 0 radical (unpaired) electrons. The molecule has 0 heterocycles. The van der Waals surface area contributed by atoms with E-state index in [0.717, 1.165) is 0 Å². The van der Waals surface area contributed by atoms with Crippen molar-refractivity contribution in [3.05, 3.63) is 33.9 Å². The van der Waals surface area contributed by atoms with E-state index < -0.39 is 16.4 Å². The smallest absolute Gasteiger partial charge is 0.292 e. The van der Waals surface area contributed by atoms with E-state index in [0.29, 0.717) is 0 Å². The highest BCUT2D eigenvalue weighted by Crippen LogP contribution is 2.24. The molecule has 0 spiro atoms. The van der Waals surface area contributed by atoms with Crippen LogP contribution in [-0.4, -0.2) is 22.9 Å². The Bertz CT molecular complexity index is 485. The Morgan fingerprint density at radius 2 is 2.11 bits per heavy atom. The van der Waals surface area contributed by atoms with Crippen LogP contribution in [0.3, 0.4) is 0 Å². The minimum absolute atomic E-state index is 0.0747. The van der Waals surface area contributed by atoms with Crippen molar-refractivity contribution in [3.63, 3.8) is 0 Å². The molecule has 0 saturated heterocycles. The van der Waals surface area contributed by atoms with Crippen LogP contribution < -0.4 is 16.8 Å². The maximum Gasteiger partial charge on any atom is 0.292 e. The summed E-state index contributed by atoms with van der Waals surface area (Å²) < 4.78 is 0. The van der Waals surface area contributed by atoms with Gasteiger partial charge in [0.2, 0.25) is 0 Å². The number of hydrogen-bond donors (Lipinski definition) is 3. The molecule has 0 aliphatic carbocycles. The van der Waals surface area contributed by atoms with E-state index in [9.17, 15) is 14.9 Å². The largest absolute Gasteiger partial charge is 0.393 e. The fourth-order valence-corrected chi connectivity index (χ4v) is 1.34. The molecular weight excluding hydrogens is 236 g/mol. The van der Waals surface area contributed by atoms with Crippen LogP contribution in [0.5, 0.6) is 0 Å². The highest BCUT2D eigenvalue weighted by molar-refractivity contribution is 6.01. The Hall–Kier alpha value is -2.15. The number of benzene rings is 1. The molecule has 0 atom stereocenters. The van der Waals surface area contributed by atoms with Crippen molar-refractivity contribution in [2.24, 2.45) is 5.73 Å². The summed E-state index contributed by atoms with van der Waals surface area (Å²) in [5.74, 6) is -0.480. The highest BCUT2D eigenvalue weighted by Gasteiger charge is 2.23. The Kier molecular flexibility index (Phi) is 3.87. The lowest BCUT2D eigenvalue weighted by molar-refractivity contribution is -0.383. The van der Waals surface area contributed by atoms with Crippen LogP contribution in [-0.2, 0) is 0 Å². The molecule has 0 fully saturated rings. The maximum atomic E-state index is 11.9. The predicted molar refractivity (Wildman–Crippen MR) is 68.1 cm³/mol. The molecule has 0 aromatic heterocycles. The molecule has 0 saturated carbocycles. The van der Waals surface area contributed by atoms with Crippen LogP contribution in [0.2, 0.25) is 0 Å². The average molecular weight is 252 g/mol. The van der Waals surface area contributed by atoms with E-state index in [1.165, 1.54) is 18.2 Å². The van der Waals surface area contributed by atoms with Crippen LogP contribution in [0.4, 0.5) is 11.4 Å². The lowest BCUT2D eigenvalue weighted by Crippen LogP contribution is -2.49. The summed E-state index contributed by atoms with van der Waals surface area (Å²) >= 11 is 0. The lowest BCUT2D eigenvalue weighted by Gasteiger charge is -2.24. The van der Waals surface area contributed by atoms with E-state index in [1.54, 1.807) is 13.8 Å². The van der Waals surface area contributed by atoms with Gasteiger partial charge in [-0.25, -0.2) is 0 Å². The zero-order valence-corrected chi connectivity index (χ0v) is 10.3. The summed E-state index contributed by atoms with van der Waals surface area (Å²) in [6.07, 6.45) is 0. The third-order valence-corrected chi connectivity index (χ3v) is 2.49. The van der Waals surface area contributed by atoms with Crippen LogP contribution >= 0.6 is 0 Å². The number of nitrogen functional groups attached to an aromatic ring is 1. The second-order valence-electron chi connectivity index (χ2n) is 4.54. The number of carbonyl (C=O) groups is 1. The molecule has 0 bridgehead atoms. The van der Waals surface area contributed by atoms with Gasteiger partial charge in [-0.3, -0.25) is 14.9 Å². The van der Waals surface area contributed by atoms with Gasteiger partial charge in [-0.2, -0.15) is 0 Å². The molecule has 98 valence electrons. The average Bonchev–Trinajstić information content (AvgIpc) is 2.28. The Morgan fingerprint density at radius 3 is 2.61 bits per heavy atom. The zero-order valence-electron chi connectivity index (χ0n) is 10.3. The number of nitro groups is 1. The summed E-state index contributed by atoms with van der Waals surface area (Å²) in [5, 5.41) is 13.4. The monoisotopic (exact) mass is 252 g/mol. The minimum Gasteiger partial charge on any atom is -0.393 e. The zero-order chi connectivity index (χ0) is 13.9. The molecule has 1 amide bonds. The fourth-order valence-electron chi connectivity index (χ4n) is 1.34. The van der Waals surface area contributed by atoms with Gasteiger partial charge in [0.05, 0.1) is 10.5 Å². The second-order valence-corrected chi connectivity index (χ2v) is 4.54. The molecule has 1 rings (SSSR count). The van der Waals surface area contributed by atoms with Crippen molar-refractivity contribution >= 4 is 17.3 Å². The van der Waals surface area contributed by atoms with Gasteiger partial charge in [0.15, 0.2) is 0 Å². The number of amides is 1. The fraction of sp³-hybridized carbons (Fsp3) is 0.364. The summed E-state index contributed by atoms with van der Waals surface area (Å²) in [7, 11) is 0. The molecule has 7 nitrogen and oxygen atoms in total. The van der Waals surface area contributed by atoms with Gasteiger partial charge in [-0.1, -0.05) is 6.07 Å². The second kappa shape index (κ2) is 5.01. The van der Waals surface area contributed by atoms with Crippen LogP contribution in [0.1, 0.15) is 24.2 Å². The molecule has 1 aromatic rings. The maximum absolute atomic E-state index is 11.9. The highest BCUT2D eigenvalue weighted by atomic mass is 16.6. The van der Waals surface area contributed by atoms with Crippen molar-refractivity contribution in [2.75, 3.05) is 12.3 Å². The number of para-hydroxylation sites is 1. The molecular formula is C11H16N4O3. The SMILES string of the molecule is CC(C)(CN)NC(=O)c1cccc([N+](=O)[O-])c1N. The molecule has 0 aliphatic rings. The van der Waals surface area contributed by atoms with Gasteiger partial charge >= 0.3 is 0 Å². The van der Waals surface area contributed by atoms with Crippen molar-refractivity contribution in [3.8, 4) is 0 Å². The van der Waals surface area contributed by atoms with Gasteiger partial charge in [-0.05, 0) is 19.9 Å². The quantitative estimate of drug-likeness (QED) is 0.412. The van der Waals surface area contributed by atoms with Crippen LogP contribution in [0, 0.1) is 10.1 Å².